The molecular formula is C10H13N3O2. The van der Waals surface area contributed by atoms with Gasteiger partial charge in [-0.05, 0) is 19.1 Å². The number of carbonyl (C=O) groups excluding carboxylic acids is 2. The molecule has 0 aliphatic carbocycles. The highest BCUT2D eigenvalue weighted by Gasteiger charge is 2.13. The third-order valence-electron chi connectivity index (χ3n) is 1.73. The molecule has 1 atom stereocenters. The van der Waals surface area contributed by atoms with Gasteiger partial charge >= 0.3 is 0 Å². The maximum absolute atomic E-state index is 11.5. The summed E-state index contributed by atoms with van der Waals surface area (Å²) >= 11 is 0. The van der Waals surface area contributed by atoms with E-state index in [1.54, 1.807) is 31.3 Å². The highest BCUT2D eigenvalue weighted by Crippen LogP contribution is 2.00. The summed E-state index contributed by atoms with van der Waals surface area (Å²) in [6.45, 7) is 2.98. The summed E-state index contributed by atoms with van der Waals surface area (Å²) in [4.78, 5) is 26.1. The molecule has 0 saturated carbocycles. The van der Waals surface area contributed by atoms with Crippen LogP contribution >= 0.6 is 0 Å². The number of hydrogen-bond acceptors (Lipinski definition) is 3. The van der Waals surface area contributed by atoms with Gasteiger partial charge in [0.05, 0.1) is 0 Å². The lowest BCUT2D eigenvalue weighted by Crippen LogP contribution is -2.40. The van der Waals surface area contributed by atoms with Gasteiger partial charge in [-0.25, -0.2) is 4.98 Å². The van der Waals surface area contributed by atoms with Gasteiger partial charge in [0.1, 0.15) is 11.9 Å². The highest BCUT2D eigenvalue weighted by molar-refractivity contribution is 5.95. The molecular weight excluding hydrogens is 194 g/mol. The Hall–Kier alpha value is -1.91. The van der Waals surface area contributed by atoms with Crippen molar-refractivity contribution < 1.29 is 9.59 Å². The largest absolute Gasteiger partial charge is 0.345 e. The third kappa shape index (κ3) is 3.76. The molecule has 0 radical (unpaired) electrons. The molecule has 2 amide bonds. The molecule has 1 unspecified atom stereocenters. The van der Waals surface area contributed by atoms with Gasteiger partial charge in [-0.1, -0.05) is 6.07 Å². The Kier molecular flexibility index (Phi) is 3.79. The normalized spacial score (nSPS) is 11.6. The van der Waals surface area contributed by atoms with E-state index in [0.29, 0.717) is 5.82 Å². The van der Waals surface area contributed by atoms with E-state index >= 15 is 0 Å². The fourth-order valence-electron chi connectivity index (χ4n) is 1.04. The average Bonchev–Trinajstić information content (AvgIpc) is 2.18. The zero-order valence-electron chi connectivity index (χ0n) is 8.65. The molecule has 5 heteroatoms. The second kappa shape index (κ2) is 5.09. The number of hydrogen-bond donors (Lipinski definition) is 2. The molecule has 80 valence electrons. The molecule has 1 aromatic rings. The second-order valence-electron chi connectivity index (χ2n) is 3.13. The summed E-state index contributed by atoms with van der Waals surface area (Å²) in [6.07, 6.45) is 1.58. The quantitative estimate of drug-likeness (QED) is 0.760. The van der Waals surface area contributed by atoms with E-state index in [1.165, 1.54) is 6.92 Å². The van der Waals surface area contributed by atoms with Crippen molar-refractivity contribution in [3.63, 3.8) is 0 Å². The van der Waals surface area contributed by atoms with Crippen molar-refractivity contribution in [1.29, 1.82) is 0 Å². The first-order chi connectivity index (χ1) is 7.09. The van der Waals surface area contributed by atoms with Crippen molar-refractivity contribution in [1.82, 2.24) is 10.3 Å². The van der Waals surface area contributed by atoms with Crippen LogP contribution in [-0.2, 0) is 9.59 Å². The van der Waals surface area contributed by atoms with Gasteiger partial charge in [0, 0.05) is 13.1 Å². The van der Waals surface area contributed by atoms with E-state index in [9.17, 15) is 9.59 Å². The zero-order chi connectivity index (χ0) is 11.3. The van der Waals surface area contributed by atoms with Gasteiger partial charge in [-0.2, -0.15) is 0 Å². The molecule has 0 aromatic carbocycles. The second-order valence-corrected chi connectivity index (χ2v) is 3.13. The molecule has 5 nitrogen and oxygen atoms in total. The lowest BCUT2D eigenvalue weighted by molar-refractivity contribution is -0.124. The summed E-state index contributed by atoms with van der Waals surface area (Å²) < 4.78 is 0. The molecule has 15 heavy (non-hydrogen) atoms. The number of nitrogens with zero attached hydrogens (tertiary/aromatic N) is 1. The molecule has 0 bridgehead atoms. The van der Waals surface area contributed by atoms with Crippen LogP contribution in [0, 0.1) is 0 Å². The molecule has 1 heterocycles. The monoisotopic (exact) mass is 207 g/mol. The topological polar surface area (TPSA) is 71.1 Å². The van der Waals surface area contributed by atoms with Crippen LogP contribution in [0.3, 0.4) is 0 Å². The van der Waals surface area contributed by atoms with Crippen molar-refractivity contribution in [3.8, 4) is 0 Å². The smallest absolute Gasteiger partial charge is 0.247 e. The van der Waals surface area contributed by atoms with Crippen molar-refractivity contribution >= 4 is 17.6 Å². The van der Waals surface area contributed by atoms with E-state index in [1.807, 2.05) is 0 Å². The Bertz CT molecular complexity index is 351. The molecule has 0 aliphatic heterocycles. The molecule has 1 aromatic heterocycles. The Balaban J connectivity index is 2.52. The van der Waals surface area contributed by atoms with Crippen LogP contribution < -0.4 is 10.6 Å². The number of amides is 2. The predicted molar refractivity (Wildman–Crippen MR) is 56.1 cm³/mol. The minimum Gasteiger partial charge on any atom is -0.345 e. The van der Waals surface area contributed by atoms with Crippen LogP contribution in [0.5, 0.6) is 0 Å². The number of rotatable bonds is 3. The number of anilines is 1. The van der Waals surface area contributed by atoms with Crippen LogP contribution in [-0.4, -0.2) is 22.8 Å². The highest BCUT2D eigenvalue weighted by atomic mass is 16.2. The van der Waals surface area contributed by atoms with Crippen LogP contribution in [0.15, 0.2) is 24.4 Å². The van der Waals surface area contributed by atoms with Gasteiger partial charge < -0.3 is 10.6 Å². The van der Waals surface area contributed by atoms with Crippen LogP contribution in [0.1, 0.15) is 13.8 Å². The summed E-state index contributed by atoms with van der Waals surface area (Å²) in [5.41, 5.74) is 0. The molecule has 1 rings (SSSR count). The standard InChI is InChI=1S/C10H13N3O2/c1-7(12-8(2)14)10(15)13-9-5-3-4-6-11-9/h3-7H,1-2H3,(H,12,14)(H,11,13,15). The SMILES string of the molecule is CC(=O)NC(C)C(=O)Nc1ccccn1. The van der Waals surface area contributed by atoms with Gasteiger partial charge in [0.25, 0.3) is 0 Å². The lowest BCUT2D eigenvalue weighted by Gasteiger charge is -2.11. The Labute approximate surface area is 87.9 Å². The van der Waals surface area contributed by atoms with Gasteiger partial charge in [-0.3, -0.25) is 9.59 Å². The van der Waals surface area contributed by atoms with Crippen LogP contribution in [0.25, 0.3) is 0 Å². The minimum absolute atomic E-state index is 0.237. The number of nitrogens with one attached hydrogen (secondary N) is 2. The first-order valence-electron chi connectivity index (χ1n) is 4.58. The van der Waals surface area contributed by atoms with Gasteiger partial charge in [-0.15, -0.1) is 0 Å². The number of carbonyl (C=O) groups is 2. The maximum atomic E-state index is 11.5. The zero-order valence-corrected chi connectivity index (χ0v) is 8.65. The van der Waals surface area contributed by atoms with E-state index < -0.39 is 6.04 Å². The Morgan fingerprint density at radius 3 is 2.67 bits per heavy atom. The van der Waals surface area contributed by atoms with Crippen molar-refractivity contribution in [2.24, 2.45) is 0 Å². The molecule has 0 spiro atoms. The van der Waals surface area contributed by atoms with Crippen LogP contribution in [0.4, 0.5) is 5.82 Å². The summed E-state index contributed by atoms with van der Waals surface area (Å²) in [5.74, 6) is -0.0535. The lowest BCUT2D eigenvalue weighted by atomic mass is 10.3. The van der Waals surface area contributed by atoms with E-state index in [0.717, 1.165) is 0 Å². The van der Waals surface area contributed by atoms with Gasteiger partial charge in [0.2, 0.25) is 11.8 Å². The number of pyridine rings is 1. The Morgan fingerprint density at radius 2 is 2.13 bits per heavy atom. The maximum Gasteiger partial charge on any atom is 0.247 e. The molecule has 0 aliphatic rings. The van der Waals surface area contributed by atoms with E-state index in [4.69, 9.17) is 0 Å². The summed E-state index contributed by atoms with van der Waals surface area (Å²) in [6, 6.07) is 4.64. The van der Waals surface area contributed by atoms with E-state index in [-0.39, 0.29) is 11.8 Å². The van der Waals surface area contributed by atoms with E-state index in [2.05, 4.69) is 15.6 Å². The van der Waals surface area contributed by atoms with Gasteiger partial charge in [0.15, 0.2) is 0 Å². The summed E-state index contributed by atoms with van der Waals surface area (Å²) in [7, 11) is 0. The molecule has 0 saturated heterocycles. The number of aromatic nitrogens is 1. The Morgan fingerprint density at radius 1 is 1.40 bits per heavy atom. The molecule has 2 N–H and O–H groups in total. The average molecular weight is 207 g/mol. The predicted octanol–water partition coefficient (Wildman–Crippen LogP) is 0.545. The first-order valence-corrected chi connectivity index (χ1v) is 4.58. The fourth-order valence-corrected chi connectivity index (χ4v) is 1.04. The van der Waals surface area contributed by atoms with Crippen molar-refractivity contribution in [2.75, 3.05) is 5.32 Å². The minimum atomic E-state index is -0.565. The molecule has 0 fully saturated rings. The summed E-state index contributed by atoms with van der Waals surface area (Å²) in [5, 5.41) is 5.07. The van der Waals surface area contributed by atoms with Crippen molar-refractivity contribution in [2.45, 2.75) is 19.9 Å². The third-order valence-corrected chi connectivity index (χ3v) is 1.73. The van der Waals surface area contributed by atoms with Crippen molar-refractivity contribution in [3.05, 3.63) is 24.4 Å². The first kappa shape index (κ1) is 11.2. The van der Waals surface area contributed by atoms with Crippen LogP contribution in [0.2, 0.25) is 0 Å². The fraction of sp³-hybridized carbons (Fsp3) is 0.300.